The maximum atomic E-state index is 12.7. The van der Waals surface area contributed by atoms with E-state index in [1.807, 2.05) is 48.5 Å². The number of pyridine rings is 1. The molecule has 2 heterocycles. The maximum Gasteiger partial charge on any atom is 0.273 e. The number of rotatable bonds is 6. The largest absolute Gasteiger partial charge is 0.493 e. The lowest BCUT2D eigenvalue weighted by Crippen LogP contribution is -2.16. The van der Waals surface area contributed by atoms with Gasteiger partial charge in [0, 0.05) is 18.7 Å². The monoisotopic (exact) mass is 400 g/mol. The van der Waals surface area contributed by atoms with Gasteiger partial charge in [0.15, 0.2) is 11.5 Å². The van der Waals surface area contributed by atoms with Gasteiger partial charge in [-0.25, -0.2) is 4.98 Å². The minimum absolute atomic E-state index is 0.271. The summed E-state index contributed by atoms with van der Waals surface area (Å²) in [5, 5.41) is 7.26. The first-order chi connectivity index (χ1) is 14.6. The molecule has 150 valence electrons. The standard InChI is InChI=1S/C23H20N4O3/c1-27-19(14-18(26-27)16-8-4-3-5-9-16)23(28)25-17-12-13-22(24-15-17)30-21-11-7-6-10-20(21)29-2/h3-15H,1-2H3,(H,25,28). The summed E-state index contributed by atoms with van der Waals surface area (Å²) in [6.45, 7) is 0. The third kappa shape index (κ3) is 4.15. The Hall–Kier alpha value is -4.13. The van der Waals surface area contributed by atoms with E-state index in [9.17, 15) is 4.79 Å². The molecule has 0 radical (unpaired) electrons. The molecule has 0 unspecified atom stereocenters. The van der Waals surface area contributed by atoms with Gasteiger partial charge in [0.1, 0.15) is 5.69 Å². The average molecular weight is 400 g/mol. The van der Waals surface area contributed by atoms with Crippen molar-refractivity contribution in [3.05, 3.63) is 84.7 Å². The summed E-state index contributed by atoms with van der Waals surface area (Å²) in [5.41, 5.74) is 2.69. The van der Waals surface area contributed by atoms with E-state index < -0.39 is 0 Å². The van der Waals surface area contributed by atoms with Crippen molar-refractivity contribution in [1.82, 2.24) is 14.8 Å². The Bertz CT molecular complexity index is 1150. The van der Waals surface area contributed by atoms with Crippen molar-refractivity contribution in [2.24, 2.45) is 7.05 Å². The number of ether oxygens (including phenoxy) is 2. The van der Waals surface area contributed by atoms with E-state index in [2.05, 4.69) is 15.4 Å². The molecule has 0 aliphatic carbocycles. The van der Waals surface area contributed by atoms with Crippen LogP contribution in [-0.2, 0) is 7.05 Å². The van der Waals surface area contributed by atoms with E-state index in [0.29, 0.717) is 28.8 Å². The van der Waals surface area contributed by atoms with Crippen LogP contribution >= 0.6 is 0 Å². The normalized spacial score (nSPS) is 10.5. The fourth-order valence-corrected chi connectivity index (χ4v) is 2.96. The molecule has 7 nitrogen and oxygen atoms in total. The summed E-state index contributed by atoms with van der Waals surface area (Å²) in [5.74, 6) is 1.30. The van der Waals surface area contributed by atoms with Crippen LogP contribution in [0, 0.1) is 0 Å². The van der Waals surface area contributed by atoms with Crippen molar-refractivity contribution < 1.29 is 14.3 Å². The van der Waals surface area contributed by atoms with E-state index in [1.54, 1.807) is 43.1 Å². The number of aryl methyl sites for hydroxylation is 1. The van der Waals surface area contributed by atoms with Crippen molar-refractivity contribution in [2.45, 2.75) is 0 Å². The van der Waals surface area contributed by atoms with E-state index >= 15 is 0 Å². The molecule has 0 atom stereocenters. The number of nitrogens with one attached hydrogen (secondary N) is 1. The van der Waals surface area contributed by atoms with Crippen molar-refractivity contribution in [3.63, 3.8) is 0 Å². The number of aromatic nitrogens is 3. The van der Waals surface area contributed by atoms with Gasteiger partial charge < -0.3 is 14.8 Å². The first-order valence-electron chi connectivity index (χ1n) is 9.32. The summed E-state index contributed by atoms with van der Waals surface area (Å²) >= 11 is 0. The number of carbonyl (C=O) groups excluding carboxylic acids is 1. The van der Waals surface area contributed by atoms with E-state index in [0.717, 1.165) is 11.3 Å². The van der Waals surface area contributed by atoms with Gasteiger partial charge in [0.25, 0.3) is 5.91 Å². The van der Waals surface area contributed by atoms with Crippen LogP contribution in [0.25, 0.3) is 11.3 Å². The number of nitrogens with zero attached hydrogens (tertiary/aromatic N) is 3. The Morgan fingerprint density at radius 2 is 1.70 bits per heavy atom. The highest BCUT2D eigenvalue weighted by molar-refractivity contribution is 6.03. The number of hydrogen-bond acceptors (Lipinski definition) is 5. The molecule has 0 fully saturated rings. The van der Waals surface area contributed by atoms with Crippen molar-refractivity contribution in [1.29, 1.82) is 0 Å². The van der Waals surface area contributed by atoms with Crippen molar-refractivity contribution >= 4 is 11.6 Å². The highest BCUT2D eigenvalue weighted by Gasteiger charge is 2.15. The van der Waals surface area contributed by atoms with Crippen molar-refractivity contribution in [3.8, 4) is 28.6 Å². The second kappa shape index (κ2) is 8.48. The molecule has 2 aromatic heterocycles. The van der Waals surface area contributed by atoms with Gasteiger partial charge in [0.05, 0.1) is 24.7 Å². The number of para-hydroxylation sites is 2. The van der Waals surface area contributed by atoms with Gasteiger partial charge in [-0.3, -0.25) is 9.48 Å². The Balaban J connectivity index is 1.46. The van der Waals surface area contributed by atoms with Crippen LogP contribution in [0.15, 0.2) is 79.0 Å². The summed E-state index contributed by atoms with van der Waals surface area (Å²) in [7, 11) is 3.32. The highest BCUT2D eigenvalue weighted by Crippen LogP contribution is 2.30. The topological polar surface area (TPSA) is 78.3 Å². The molecule has 0 bridgehead atoms. The van der Waals surface area contributed by atoms with Gasteiger partial charge >= 0.3 is 0 Å². The molecule has 0 spiro atoms. The molecule has 7 heteroatoms. The number of anilines is 1. The molecule has 1 N–H and O–H groups in total. The number of hydrogen-bond donors (Lipinski definition) is 1. The molecule has 0 aliphatic rings. The van der Waals surface area contributed by atoms with Crippen LogP contribution in [0.5, 0.6) is 17.4 Å². The van der Waals surface area contributed by atoms with Gasteiger partial charge in [-0.2, -0.15) is 5.10 Å². The zero-order valence-corrected chi connectivity index (χ0v) is 16.6. The lowest BCUT2D eigenvalue weighted by Gasteiger charge is -2.10. The van der Waals surface area contributed by atoms with Crippen molar-refractivity contribution in [2.75, 3.05) is 12.4 Å². The molecule has 0 saturated heterocycles. The smallest absolute Gasteiger partial charge is 0.273 e. The lowest BCUT2D eigenvalue weighted by atomic mass is 10.1. The molecule has 4 rings (SSSR count). The third-order valence-electron chi connectivity index (χ3n) is 4.46. The number of benzene rings is 2. The van der Waals surface area contributed by atoms with Crippen LogP contribution in [0.2, 0.25) is 0 Å². The predicted molar refractivity (Wildman–Crippen MR) is 114 cm³/mol. The van der Waals surface area contributed by atoms with Crippen LogP contribution in [-0.4, -0.2) is 27.8 Å². The van der Waals surface area contributed by atoms with E-state index in [-0.39, 0.29) is 5.91 Å². The Kier molecular flexibility index (Phi) is 5.43. The van der Waals surface area contributed by atoms with Gasteiger partial charge in [0.2, 0.25) is 5.88 Å². The fraction of sp³-hybridized carbons (Fsp3) is 0.0870. The summed E-state index contributed by atoms with van der Waals surface area (Å²) < 4.78 is 12.6. The van der Waals surface area contributed by atoms with Gasteiger partial charge in [-0.1, -0.05) is 42.5 Å². The second-order valence-electron chi connectivity index (χ2n) is 6.50. The fourth-order valence-electron chi connectivity index (χ4n) is 2.96. The minimum Gasteiger partial charge on any atom is -0.493 e. The SMILES string of the molecule is COc1ccccc1Oc1ccc(NC(=O)c2cc(-c3ccccc3)nn2C)cn1. The van der Waals surface area contributed by atoms with Crippen LogP contribution in [0.1, 0.15) is 10.5 Å². The maximum absolute atomic E-state index is 12.7. The molecular formula is C23H20N4O3. The van der Waals surface area contributed by atoms with Crippen LogP contribution in [0.4, 0.5) is 5.69 Å². The number of carbonyl (C=O) groups is 1. The molecule has 1 amide bonds. The minimum atomic E-state index is -0.271. The summed E-state index contributed by atoms with van der Waals surface area (Å²) in [6.07, 6.45) is 1.54. The Morgan fingerprint density at radius 1 is 0.967 bits per heavy atom. The Labute approximate surface area is 173 Å². The highest BCUT2D eigenvalue weighted by atomic mass is 16.5. The summed E-state index contributed by atoms with van der Waals surface area (Å²) in [6, 6.07) is 22.2. The molecule has 0 saturated carbocycles. The molecule has 4 aromatic rings. The first-order valence-corrected chi connectivity index (χ1v) is 9.32. The van der Waals surface area contributed by atoms with Crippen LogP contribution in [0.3, 0.4) is 0 Å². The first kappa shape index (κ1) is 19.2. The Morgan fingerprint density at radius 3 is 2.40 bits per heavy atom. The molecule has 2 aromatic carbocycles. The number of methoxy groups -OCH3 is 1. The molecule has 30 heavy (non-hydrogen) atoms. The third-order valence-corrected chi connectivity index (χ3v) is 4.46. The predicted octanol–water partition coefficient (Wildman–Crippen LogP) is 4.54. The van der Waals surface area contributed by atoms with E-state index in [1.165, 1.54) is 6.20 Å². The molecule has 0 aliphatic heterocycles. The molecular weight excluding hydrogens is 380 g/mol. The van der Waals surface area contributed by atoms with Crippen LogP contribution < -0.4 is 14.8 Å². The second-order valence-corrected chi connectivity index (χ2v) is 6.50. The van der Waals surface area contributed by atoms with Gasteiger partial charge in [-0.05, 0) is 24.3 Å². The lowest BCUT2D eigenvalue weighted by molar-refractivity contribution is 0.101. The summed E-state index contributed by atoms with van der Waals surface area (Å²) in [4.78, 5) is 16.9. The zero-order chi connectivity index (χ0) is 20.9. The number of amides is 1. The van der Waals surface area contributed by atoms with E-state index in [4.69, 9.17) is 9.47 Å². The quantitative estimate of drug-likeness (QED) is 0.514. The average Bonchev–Trinajstić information content (AvgIpc) is 3.18. The van der Waals surface area contributed by atoms with Gasteiger partial charge in [-0.15, -0.1) is 0 Å². The zero-order valence-electron chi connectivity index (χ0n) is 16.6.